The zero-order chi connectivity index (χ0) is 11.2. The van der Waals surface area contributed by atoms with Crippen LogP contribution in [0.4, 0.5) is 0 Å². The molecular formula is C12H21N3O. The minimum atomic E-state index is 0.509. The van der Waals surface area contributed by atoms with E-state index in [2.05, 4.69) is 22.3 Å². The molecule has 90 valence electrons. The van der Waals surface area contributed by atoms with Gasteiger partial charge < -0.3 is 14.7 Å². The Bertz CT molecular complexity index is 280. The highest BCUT2D eigenvalue weighted by atomic mass is 16.5. The summed E-state index contributed by atoms with van der Waals surface area (Å²) in [7, 11) is 0. The molecular weight excluding hydrogens is 202 g/mol. The second-order valence-electron chi connectivity index (χ2n) is 4.63. The third-order valence-corrected chi connectivity index (χ3v) is 3.10. The van der Waals surface area contributed by atoms with Gasteiger partial charge in [-0.05, 0) is 32.9 Å². The molecule has 1 aromatic heterocycles. The van der Waals surface area contributed by atoms with E-state index in [4.69, 9.17) is 4.52 Å². The van der Waals surface area contributed by atoms with E-state index in [1.807, 2.05) is 6.07 Å². The highest BCUT2D eigenvalue weighted by molar-refractivity contribution is 4.94. The third-order valence-electron chi connectivity index (χ3n) is 3.10. The average molecular weight is 223 g/mol. The lowest BCUT2D eigenvalue weighted by Gasteiger charge is -2.29. The zero-order valence-corrected chi connectivity index (χ0v) is 9.98. The summed E-state index contributed by atoms with van der Waals surface area (Å²) in [4.78, 5) is 2.55. The van der Waals surface area contributed by atoms with Crippen molar-refractivity contribution in [1.82, 2.24) is 15.4 Å². The summed E-state index contributed by atoms with van der Waals surface area (Å²) in [6.45, 7) is 6.68. The Morgan fingerprint density at radius 1 is 1.44 bits per heavy atom. The van der Waals surface area contributed by atoms with E-state index < -0.39 is 0 Å². The molecule has 0 amide bonds. The van der Waals surface area contributed by atoms with Crippen LogP contribution in [0, 0.1) is 0 Å². The standard InChI is InChI=1S/C12H21N3O/c1-11(10-15-6-3-2-4-7-15)13-9-12-5-8-16-14-12/h5,8,11,13H,2-4,6-7,9-10H2,1H3. The molecule has 1 N–H and O–H groups in total. The summed E-state index contributed by atoms with van der Waals surface area (Å²) < 4.78 is 4.80. The maximum atomic E-state index is 4.80. The molecule has 4 heteroatoms. The predicted molar refractivity (Wildman–Crippen MR) is 63.1 cm³/mol. The normalized spacial score (nSPS) is 19.8. The van der Waals surface area contributed by atoms with Gasteiger partial charge in [0, 0.05) is 25.2 Å². The Hall–Kier alpha value is -0.870. The Labute approximate surface area is 97.0 Å². The van der Waals surface area contributed by atoms with E-state index in [0.717, 1.165) is 18.8 Å². The van der Waals surface area contributed by atoms with Crippen LogP contribution in [0.2, 0.25) is 0 Å². The maximum Gasteiger partial charge on any atom is 0.124 e. The molecule has 0 saturated carbocycles. The van der Waals surface area contributed by atoms with Crippen molar-refractivity contribution in [2.45, 2.75) is 38.8 Å². The van der Waals surface area contributed by atoms with Crippen LogP contribution in [0.5, 0.6) is 0 Å². The van der Waals surface area contributed by atoms with Crippen molar-refractivity contribution in [3.63, 3.8) is 0 Å². The van der Waals surface area contributed by atoms with Crippen molar-refractivity contribution in [2.24, 2.45) is 0 Å². The fraction of sp³-hybridized carbons (Fsp3) is 0.750. The second-order valence-corrected chi connectivity index (χ2v) is 4.63. The maximum absolute atomic E-state index is 4.80. The van der Waals surface area contributed by atoms with Gasteiger partial charge in [-0.25, -0.2) is 0 Å². The Morgan fingerprint density at radius 3 is 2.94 bits per heavy atom. The topological polar surface area (TPSA) is 41.3 Å². The van der Waals surface area contributed by atoms with Gasteiger partial charge in [0.1, 0.15) is 6.26 Å². The minimum Gasteiger partial charge on any atom is -0.364 e. The molecule has 1 aliphatic heterocycles. The second kappa shape index (κ2) is 6.01. The first-order chi connectivity index (χ1) is 7.84. The van der Waals surface area contributed by atoms with Gasteiger partial charge in [-0.3, -0.25) is 0 Å². The average Bonchev–Trinajstić information content (AvgIpc) is 2.81. The summed E-state index contributed by atoms with van der Waals surface area (Å²) in [5.41, 5.74) is 0.977. The van der Waals surface area contributed by atoms with Gasteiger partial charge in [0.15, 0.2) is 0 Å². The lowest BCUT2D eigenvalue weighted by molar-refractivity contribution is 0.208. The lowest BCUT2D eigenvalue weighted by Crippen LogP contribution is -2.41. The smallest absolute Gasteiger partial charge is 0.124 e. The molecule has 4 nitrogen and oxygen atoms in total. The quantitative estimate of drug-likeness (QED) is 0.824. The molecule has 0 bridgehead atoms. The number of aromatic nitrogens is 1. The van der Waals surface area contributed by atoms with Crippen LogP contribution in [0.3, 0.4) is 0 Å². The summed E-state index contributed by atoms with van der Waals surface area (Å²) >= 11 is 0. The summed E-state index contributed by atoms with van der Waals surface area (Å²) in [6, 6.07) is 2.41. The van der Waals surface area contributed by atoms with Gasteiger partial charge in [-0.15, -0.1) is 0 Å². The fourth-order valence-corrected chi connectivity index (χ4v) is 2.20. The Balaban J connectivity index is 1.65. The summed E-state index contributed by atoms with van der Waals surface area (Å²) in [5, 5.41) is 7.35. The van der Waals surface area contributed by atoms with E-state index in [1.54, 1.807) is 6.26 Å². The van der Waals surface area contributed by atoms with Crippen LogP contribution < -0.4 is 5.32 Å². The van der Waals surface area contributed by atoms with Gasteiger partial charge in [0.05, 0.1) is 5.69 Å². The van der Waals surface area contributed by atoms with Crippen LogP contribution >= 0.6 is 0 Å². The molecule has 1 aromatic rings. The van der Waals surface area contributed by atoms with E-state index in [-0.39, 0.29) is 0 Å². The number of likely N-dealkylation sites (tertiary alicyclic amines) is 1. The molecule has 2 rings (SSSR count). The van der Waals surface area contributed by atoms with E-state index in [9.17, 15) is 0 Å². The molecule has 0 aromatic carbocycles. The summed E-state index contributed by atoms with van der Waals surface area (Å²) in [5.74, 6) is 0. The third kappa shape index (κ3) is 3.61. The molecule has 0 aliphatic carbocycles. The van der Waals surface area contributed by atoms with Gasteiger partial charge in [-0.1, -0.05) is 11.6 Å². The zero-order valence-electron chi connectivity index (χ0n) is 9.98. The predicted octanol–water partition coefficient (Wildman–Crippen LogP) is 1.64. The highest BCUT2D eigenvalue weighted by Gasteiger charge is 2.13. The van der Waals surface area contributed by atoms with Crippen LogP contribution in [0.1, 0.15) is 31.9 Å². The number of rotatable bonds is 5. The minimum absolute atomic E-state index is 0.509. The van der Waals surface area contributed by atoms with Crippen molar-refractivity contribution in [2.75, 3.05) is 19.6 Å². The van der Waals surface area contributed by atoms with E-state index in [0.29, 0.717) is 6.04 Å². The molecule has 16 heavy (non-hydrogen) atoms. The van der Waals surface area contributed by atoms with Gasteiger partial charge in [0.25, 0.3) is 0 Å². The van der Waals surface area contributed by atoms with Gasteiger partial charge in [-0.2, -0.15) is 0 Å². The van der Waals surface area contributed by atoms with Crippen molar-refractivity contribution in [1.29, 1.82) is 0 Å². The molecule has 1 fully saturated rings. The number of nitrogens with zero attached hydrogens (tertiary/aromatic N) is 2. The molecule has 1 unspecified atom stereocenters. The number of nitrogens with one attached hydrogen (secondary N) is 1. The highest BCUT2D eigenvalue weighted by Crippen LogP contribution is 2.08. The largest absolute Gasteiger partial charge is 0.364 e. The lowest BCUT2D eigenvalue weighted by atomic mass is 10.1. The first-order valence-corrected chi connectivity index (χ1v) is 6.19. The van der Waals surface area contributed by atoms with Gasteiger partial charge in [0.2, 0.25) is 0 Å². The first kappa shape index (κ1) is 11.6. The molecule has 1 aliphatic rings. The first-order valence-electron chi connectivity index (χ1n) is 6.19. The SMILES string of the molecule is CC(CN1CCCCC1)NCc1ccon1. The van der Waals surface area contributed by atoms with Crippen molar-refractivity contribution in [3.05, 3.63) is 18.0 Å². The molecule has 1 atom stereocenters. The van der Waals surface area contributed by atoms with Gasteiger partial charge >= 0.3 is 0 Å². The number of hydrogen-bond acceptors (Lipinski definition) is 4. The van der Waals surface area contributed by atoms with Crippen molar-refractivity contribution in [3.8, 4) is 0 Å². The Kier molecular flexibility index (Phi) is 4.36. The van der Waals surface area contributed by atoms with Crippen LogP contribution in [0.15, 0.2) is 16.9 Å². The fourth-order valence-electron chi connectivity index (χ4n) is 2.20. The van der Waals surface area contributed by atoms with E-state index >= 15 is 0 Å². The Morgan fingerprint density at radius 2 is 2.25 bits per heavy atom. The van der Waals surface area contributed by atoms with Crippen molar-refractivity contribution < 1.29 is 4.52 Å². The number of piperidine rings is 1. The molecule has 1 saturated heterocycles. The van der Waals surface area contributed by atoms with Crippen LogP contribution in [-0.2, 0) is 6.54 Å². The summed E-state index contributed by atoms with van der Waals surface area (Å²) in [6.07, 6.45) is 5.73. The molecule has 0 spiro atoms. The monoisotopic (exact) mass is 223 g/mol. The van der Waals surface area contributed by atoms with E-state index in [1.165, 1.54) is 32.4 Å². The van der Waals surface area contributed by atoms with Crippen LogP contribution in [0.25, 0.3) is 0 Å². The van der Waals surface area contributed by atoms with Crippen molar-refractivity contribution >= 4 is 0 Å². The number of hydrogen-bond donors (Lipinski definition) is 1. The molecule has 2 heterocycles. The molecule has 0 radical (unpaired) electrons. The van der Waals surface area contributed by atoms with Crippen LogP contribution in [-0.4, -0.2) is 35.7 Å².